The van der Waals surface area contributed by atoms with Crippen LogP contribution in [0.2, 0.25) is 0 Å². The summed E-state index contributed by atoms with van der Waals surface area (Å²) in [6.45, 7) is 8.07. The highest BCUT2D eigenvalue weighted by Gasteiger charge is 2.50. The maximum Gasteiger partial charge on any atom is 0.217 e. The highest BCUT2D eigenvalue weighted by molar-refractivity contribution is 6.24. The van der Waals surface area contributed by atoms with Gasteiger partial charge in [-0.3, -0.25) is 0 Å². The van der Waals surface area contributed by atoms with Gasteiger partial charge in [0, 0.05) is 56.6 Å². The molecule has 2 heteroatoms. The minimum absolute atomic E-state index is 0.155. The molecule has 5 rings (SSSR count). The molecular weight excluding hydrogens is 280 g/mol. The first kappa shape index (κ1) is 13.4. The minimum Gasteiger partial charge on any atom is -0.374 e. The van der Waals surface area contributed by atoms with Gasteiger partial charge in [0.2, 0.25) is 11.4 Å². The topological polar surface area (TPSA) is 6.25 Å². The summed E-state index contributed by atoms with van der Waals surface area (Å²) in [5.41, 5.74) is 8.92. The molecule has 0 aliphatic carbocycles. The van der Waals surface area contributed by atoms with Gasteiger partial charge >= 0.3 is 0 Å². The highest BCUT2D eigenvalue weighted by atomic mass is 15.2. The van der Waals surface area contributed by atoms with Gasteiger partial charge in [-0.1, -0.05) is 18.2 Å². The lowest BCUT2D eigenvalue weighted by molar-refractivity contribution is -0.512. The van der Waals surface area contributed by atoms with E-state index in [0.29, 0.717) is 0 Å². The Hall–Kier alpha value is -2.09. The molecule has 2 aromatic carbocycles. The first-order valence-corrected chi connectivity index (χ1v) is 8.66. The molecule has 2 aromatic rings. The molecule has 0 aromatic heterocycles. The van der Waals surface area contributed by atoms with Crippen molar-refractivity contribution in [1.29, 1.82) is 0 Å². The third-order valence-corrected chi connectivity index (χ3v) is 5.89. The van der Waals surface area contributed by atoms with Crippen molar-refractivity contribution in [3.05, 3.63) is 47.0 Å². The van der Waals surface area contributed by atoms with Crippen LogP contribution in [0.15, 0.2) is 35.9 Å². The lowest BCUT2D eigenvalue weighted by atomic mass is 9.90. The monoisotopic (exact) mass is 303 g/mol. The van der Waals surface area contributed by atoms with E-state index in [2.05, 4.69) is 67.6 Å². The third kappa shape index (κ3) is 1.47. The summed E-state index contributed by atoms with van der Waals surface area (Å²) < 4.78 is 2.61. The second-order valence-electron chi connectivity index (χ2n) is 7.79. The Balaban J connectivity index is 1.94. The molecular formula is C21H23N2+. The van der Waals surface area contributed by atoms with Gasteiger partial charge in [-0.25, -0.2) is 0 Å². The molecule has 2 nitrogen and oxygen atoms in total. The number of fused-ring (bicyclic) bond motifs is 4. The zero-order valence-corrected chi connectivity index (χ0v) is 14.4. The van der Waals surface area contributed by atoms with Crippen LogP contribution in [0.3, 0.4) is 0 Å². The summed E-state index contributed by atoms with van der Waals surface area (Å²) in [6.07, 6.45) is 4.60. The van der Waals surface area contributed by atoms with E-state index >= 15 is 0 Å². The first-order valence-electron chi connectivity index (χ1n) is 8.66. The maximum absolute atomic E-state index is 2.61. The van der Waals surface area contributed by atoms with E-state index < -0.39 is 0 Å². The molecule has 0 bridgehead atoms. The van der Waals surface area contributed by atoms with Crippen molar-refractivity contribution < 1.29 is 4.58 Å². The minimum atomic E-state index is 0.155. The van der Waals surface area contributed by atoms with Crippen molar-refractivity contribution in [3.63, 3.8) is 0 Å². The maximum atomic E-state index is 2.61. The number of likely N-dealkylation sites (N-methyl/N-ethyl adjacent to an activating group) is 1. The van der Waals surface area contributed by atoms with Crippen molar-refractivity contribution in [2.24, 2.45) is 0 Å². The summed E-state index contributed by atoms with van der Waals surface area (Å²) in [7, 11) is 2.23. The Morgan fingerprint density at radius 1 is 1.26 bits per heavy atom. The van der Waals surface area contributed by atoms with Gasteiger partial charge in [0.05, 0.1) is 10.9 Å². The molecule has 0 spiro atoms. The number of benzene rings is 2. The number of allylic oxidation sites excluding steroid dienone is 1. The first-order chi connectivity index (χ1) is 11.0. The number of nitrogens with zero attached hydrogens (tertiary/aromatic N) is 2. The Bertz CT molecular complexity index is 944. The van der Waals surface area contributed by atoms with Crippen LogP contribution in [0.5, 0.6) is 0 Å². The largest absolute Gasteiger partial charge is 0.374 e. The van der Waals surface area contributed by atoms with Crippen LogP contribution in [0, 0.1) is 0 Å². The summed E-state index contributed by atoms with van der Waals surface area (Å²) in [4.78, 5) is 2.42. The van der Waals surface area contributed by atoms with Crippen molar-refractivity contribution in [1.82, 2.24) is 0 Å². The zero-order chi connectivity index (χ0) is 15.9. The fourth-order valence-corrected chi connectivity index (χ4v) is 4.97. The van der Waals surface area contributed by atoms with E-state index in [1.54, 1.807) is 0 Å². The molecule has 116 valence electrons. The molecule has 0 fully saturated rings. The standard InChI is InChI=1S/C21H23N2/c1-5-13-12-21(2,3)23-17-11-14-9-10-22(4)19(14)15-7-6-8-16(18(15)17)20(13)23/h5-8,11H,9-10,12H2,1-4H3/q+1/b13-5+. The van der Waals surface area contributed by atoms with Crippen LogP contribution in [0.25, 0.3) is 10.8 Å². The van der Waals surface area contributed by atoms with Gasteiger partial charge in [0.15, 0.2) is 5.54 Å². The van der Waals surface area contributed by atoms with Crippen LogP contribution in [0.4, 0.5) is 11.4 Å². The lowest BCUT2D eigenvalue weighted by Crippen LogP contribution is -2.28. The SMILES string of the molecule is C/C=C1\CC(C)(C)[N+]2=C1c1cccc3c4c(cc2c13)CCN4C. The Morgan fingerprint density at radius 2 is 2.09 bits per heavy atom. The number of rotatable bonds is 0. The number of anilines is 1. The van der Waals surface area contributed by atoms with Crippen molar-refractivity contribution in [2.45, 2.75) is 39.2 Å². The molecule has 0 radical (unpaired) electrons. The van der Waals surface area contributed by atoms with Crippen LogP contribution in [-0.4, -0.2) is 29.4 Å². The average molecular weight is 303 g/mol. The van der Waals surface area contributed by atoms with Crippen molar-refractivity contribution in [3.8, 4) is 0 Å². The van der Waals surface area contributed by atoms with Gasteiger partial charge in [-0.05, 0) is 25.0 Å². The second-order valence-corrected chi connectivity index (χ2v) is 7.79. The van der Waals surface area contributed by atoms with E-state index in [1.807, 2.05) is 0 Å². The summed E-state index contributed by atoms with van der Waals surface area (Å²) in [5, 5.41) is 2.89. The van der Waals surface area contributed by atoms with E-state index in [1.165, 1.54) is 51.0 Å². The van der Waals surface area contributed by atoms with Crippen LogP contribution in [-0.2, 0) is 6.42 Å². The molecule has 3 aliphatic rings. The molecule has 23 heavy (non-hydrogen) atoms. The fourth-order valence-electron chi connectivity index (χ4n) is 4.97. The Morgan fingerprint density at radius 3 is 2.87 bits per heavy atom. The molecule has 0 N–H and O–H groups in total. The smallest absolute Gasteiger partial charge is 0.217 e. The Kier molecular flexibility index (Phi) is 2.35. The Labute approximate surface area is 137 Å². The van der Waals surface area contributed by atoms with E-state index in [9.17, 15) is 0 Å². The van der Waals surface area contributed by atoms with E-state index in [-0.39, 0.29) is 5.54 Å². The molecule has 0 amide bonds. The van der Waals surface area contributed by atoms with Crippen molar-refractivity contribution >= 4 is 27.9 Å². The van der Waals surface area contributed by atoms with Gasteiger partial charge in [0.1, 0.15) is 0 Å². The molecule has 0 saturated heterocycles. The van der Waals surface area contributed by atoms with E-state index in [4.69, 9.17) is 0 Å². The molecule has 0 atom stereocenters. The summed E-state index contributed by atoms with van der Waals surface area (Å²) in [5.74, 6) is 0. The normalized spacial score (nSPS) is 22.4. The summed E-state index contributed by atoms with van der Waals surface area (Å²) in [6, 6.07) is 9.34. The van der Waals surface area contributed by atoms with Gasteiger partial charge < -0.3 is 4.90 Å². The van der Waals surface area contributed by atoms with Crippen molar-refractivity contribution in [2.75, 3.05) is 18.5 Å². The number of hydrogen-bond donors (Lipinski definition) is 0. The molecule has 3 aliphatic heterocycles. The highest BCUT2D eigenvalue weighted by Crippen LogP contribution is 2.50. The molecule has 0 saturated carbocycles. The predicted octanol–water partition coefficient (Wildman–Crippen LogP) is 4.41. The van der Waals surface area contributed by atoms with E-state index in [0.717, 1.165) is 13.0 Å². The third-order valence-electron chi connectivity index (χ3n) is 5.89. The van der Waals surface area contributed by atoms with Gasteiger partial charge in [-0.2, -0.15) is 4.58 Å². The molecule has 0 unspecified atom stereocenters. The zero-order valence-electron chi connectivity index (χ0n) is 14.4. The number of hydrogen-bond acceptors (Lipinski definition) is 1. The quantitative estimate of drug-likeness (QED) is 0.654. The predicted molar refractivity (Wildman–Crippen MR) is 97.4 cm³/mol. The van der Waals surface area contributed by atoms with Gasteiger partial charge in [-0.15, -0.1) is 0 Å². The van der Waals surface area contributed by atoms with Crippen LogP contribution < -0.4 is 4.90 Å². The summed E-state index contributed by atoms with van der Waals surface area (Å²) >= 11 is 0. The molecule has 3 heterocycles. The second kappa shape index (κ2) is 4.05. The van der Waals surface area contributed by atoms with Gasteiger partial charge in [0.25, 0.3) is 0 Å². The average Bonchev–Trinajstić information content (AvgIpc) is 3.14. The fraction of sp³-hybridized carbons (Fsp3) is 0.381. The van der Waals surface area contributed by atoms with Crippen LogP contribution in [0.1, 0.15) is 38.3 Å². The van der Waals surface area contributed by atoms with Crippen LogP contribution >= 0.6 is 0 Å². The lowest BCUT2D eigenvalue weighted by Gasteiger charge is -2.18.